The summed E-state index contributed by atoms with van der Waals surface area (Å²) in [5, 5.41) is 2.83. The third-order valence-corrected chi connectivity index (χ3v) is 5.14. The Kier molecular flexibility index (Phi) is 5.49. The molecule has 0 saturated carbocycles. The molecule has 0 bridgehead atoms. The van der Waals surface area contributed by atoms with Crippen LogP contribution in [0.2, 0.25) is 0 Å². The molecule has 0 saturated heterocycles. The van der Waals surface area contributed by atoms with Gasteiger partial charge in [0.05, 0.1) is 17.7 Å². The number of carbonyl (C=O) groups excluding carboxylic acids is 3. The number of amides is 3. The average molecular weight is 414 g/mol. The number of nitrogens with one attached hydrogen (secondary N) is 1. The molecule has 31 heavy (non-hydrogen) atoms. The van der Waals surface area contributed by atoms with Crippen molar-refractivity contribution in [3.63, 3.8) is 0 Å². The Labute approximate surface area is 180 Å². The Hall–Kier alpha value is -4.00. The molecular weight excluding hydrogens is 392 g/mol. The van der Waals surface area contributed by atoms with Gasteiger partial charge in [-0.1, -0.05) is 36.4 Å². The third kappa shape index (κ3) is 4.16. The summed E-state index contributed by atoms with van der Waals surface area (Å²) in [4.78, 5) is 45.5. The first kappa shape index (κ1) is 20.3. The van der Waals surface area contributed by atoms with Crippen molar-refractivity contribution in [3.8, 4) is 0 Å². The normalized spacial score (nSPS) is 12.6. The number of hydrogen-bond donors (Lipinski definition) is 1. The van der Waals surface area contributed by atoms with Crippen molar-refractivity contribution in [2.24, 2.45) is 0 Å². The van der Waals surface area contributed by atoms with Crippen molar-refractivity contribution in [1.82, 2.24) is 15.2 Å². The van der Waals surface area contributed by atoms with Gasteiger partial charge in [0.25, 0.3) is 17.7 Å². The molecule has 1 aliphatic rings. The Morgan fingerprint density at radius 1 is 0.935 bits per heavy atom. The van der Waals surface area contributed by atoms with Gasteiger partial charge in [0.1, 0.15) is 5.82 Å². The van der Waals surface area contributed by atoms with Crippen LogP contribution in [0.15, 0.2) is 66.9 Å². The van der Waals surface area contributed by atoms with Gasteiger partial charge < -0.3 is 10.2 Å². The van der Waals surface area contributed by atoms with E-state index in [0.717, 1.165) is 16.9 Å². The molecule has 2 heterocycles. The first-order valence-electron chi connectivity index (χ1n) is 9.88. The van der Waals surface area contributed by atoms with Gasteiger partial charge in [-0.15, -0.1) is 0 Å². The van der Waals surface area contributed by atoms with E-state index in [1.807, 2.05) is 61.5 Å². The number of benzene rings is 2. The molecule has 4 rings (SSSR count). The molecule has 1 N–H and O–H groups in total. The first-order valence-corrected chi connectivity index (χ1v) is 9.88. The molecule has 7 heteroatoms. The van der Waals surface area contributed by atoms with Crippen molar-refractivity contribution in [1.29, 1.82) is 0 Å². The fourth-order valence-corrected chi connectivity index (χ4v) is 3.41. The zero-order valence-corrected chi connectivity index (χ0v) is 17.3. The molecular formula is C24H22N4O3. The summed E-state index contributed by atoms with van der Waals surface area (Å²) in [6.45, 7) is 0.508. The molecule has 2 aromatic carbocycles. The van der Waals surface area contributed by atoms with Crippen LogP contribution in [0, 0.1) is 0 Å². The van der Waals surface area contributed by atoms with Gasteiger partial charge in [0.15, 0.2) is 0 Å². The Morgan fingerprint density at radius 2 is 1.68 bits per heavy atom. The van der Waals surface area contributed by atoms with Crippen molar-refractivity contribution in [2.75, 3.05) is 19.0 Å². The molecule has 1 aliphatic heterocycles. The van der Waals surface area contributed by atoms with Crippen LogP contribution in [0.4, 0.5) is 5.82 Å². The molecule has 0 radical (unpaired) electrons. The summed E-state index contributed by atoms with van der Waals surface area (Å²) in [7, 11) is 3.81. The smallest absolute Gasteiger partial charge is 0.261 e. The predicted octanol–water partition coefficient (Wildman–Crippen LogP) is 2.87. The maximum atomic E-state index is 12.8. The van der Waals surface area contributed by atoms with Crippen LogP contribution >= 0.6 is 0 Å². The number of carbonyl (C=O) groups is 3. The van der Waals surface area contributed by atoms with Crippen molar-refractivity contribution in [3.05, 3.63) is 94.7 Å². The van der Waals surface area contributed by atoms with Crippen molar-refractivity contribution in [2.45, 2.75) is 13.1 Å². The Balaban J connectivity index is 1.45. The first-order chi connectivity index (χ1) is 14.9. The van der Waals surface area contributed by atoms with Crippen molar-refractivity contribution >= 4 is 23.5 Å². The van der Waals surface area contributed by atoms with Crippen LogP contribution in [0.3, 0.4) is 0 Å². The van der Waals surface area contributed by atoms with E-state index < -0.39 is 0 Å². The fraction of sp³-hybridized carbons (Fsp3) is 0.167. The van der Waals surface area contributed by atoms with Crippen LogP contribution in [-0.2, 0) is 13.1 Å². The number of hydrogen-bond acceptors (Lipinski definition) is 5. The molecule has 0 unspecified atom stereocenters. The van der Waals surface area contributed by atoms with Gasteiger partial charge >= 0.3 is 0 Å². The van der Waals surface area contributed by atoms with Crippen LogP contribution in [-0.4, -0.2) is 41.7 Å². The molecule has 7 nitrogen and oxygen atoms in total. The predicted molar refractivity (Wildman–Crippen MR) is 117 cm³/mol. The maximum absolute atomic E-state index is 12.8. The third-order valence-electron chi connectivity index (χ3n) is 5.14. The van der Waals surface area contributed by atoms with Gasteiger partial charge in [-0.3, -0.25) is 19.3 Å². The molecule has 0 fully saturated rings. The van der Waals surface area contributed by atoms with E-state index in [-0.39, 0.29) is 29.8 Å². The lowest BCUT2D eigenvalue weighted by atomic mass is 10.1. The summed E-state index contributed by atoms with van der Waals surface area (Å²) in [5.41, 5.74) is 2.63. The van der Waals surface area contributed by atoms with E-state index in [2.05, 4.69) is 10.3 Å². The number of nitrogens with zero attached hydrogens (tertiary/aromatic N) is 3. The second-order valence-electron chi connectivity index (χ2n) is 7.54. The highest BCUT2D eigenvalue weighted by molar-refractivity contribution is 6.22. The monoisotopic (exact) mass is 414 g/mol. The van der Waals surface area contributed by atoms with Crippen molar-refractivity contribution < 1.29 is 14.4 Å². The zero-order chi connectivity index (χ0) is 22.0. The summed E-state index contributed by atoms with van der Waals surface area (Å²) >= 11 is 0. The van der Waals surface area contributed by atoms with Gasteiger partial charge in [0, 0.05) is 32.4 Å². The largest absolute Gasteiger partial charge is 0.363 e. The van der Waals surface area contributed by atoms with E-state index in [1.54, 1.807) is 18.3 Å². The highest BCUT2D eigenvalue weighted by Gasteiger charge is 2.35. The number of fused-ring (bicyclic) bond motifs is 1. The standard InChI is InChI=1S/C24H22N4O3/c1-27(2)21-11-8-17(13-25-21)14-26-22(29)18-9-10-19-20(12-18)24(31)28(23(19)30)15-16-6-4-3-5-7-16/h3-13H,14-15H2,1-2H3,(H,26,29). The van der Waals surface area contributed by atoms with E-state index in [9.17, 15) is 14.4 Å². The van der Waals surface area contributed by atoms with E-state index in [1.165, 1.54) is 11.0 Å². The number of rotatable bonds is 6. The lowest BCUT2D eigenvalue weighted by Gasteiger charge is -2.13. The summed E-state index contributed by atoms with van der Waals surface area (Å²) in [6.07, 6.45) is 1.71. The molecule has 0 aliphatic carbocycles. The minimum atomic E-state index is -0.387. The summed E-state index contributed by atoms with van der Waals surface area (Å²) in [6, 6.07) is 17.7. The minimum Gasteiger partial charge on any atom is -0.363 e. The molecule has 3 amide bonds. The quantitative estimate of drug-likeness (QED) is 0.627. The summed E-state index contributed by atoms with van der Waals surface area (Å²) in [5.74, 6) is -0.219. The SMILES string of the molecule is CN(C)c1ccc(CNC(=O)c2ccc3c(c2)C(=O)N(Cc2ccccc2)C3=O)cn1. The Morgan fingerprint density at radius 3 is 2.35 bits per heavy atom. The molecule has 0 spiro atoms. The number of aromatic nitrogens is 1. The second-order valence-corrected chi connectivity index (χ2v) is 7.54. The van der Waals surface area contributed by atoms with E-state index in [4.69, 9.17) is 0 Å². The van der Waals surface area contributed by atoms with Gasteiger partial charge in [0.2, 0.25) is 0 Å². The zero-order valence-electron chi connectivity index (χ0n) is 17.3. The second kappa shape index (κ2) is 8.39. The van der Waals surface area contributed by atoms with Crippen LogP contribution in [0.1, 0.15) is 42.2 Å². The van der Waals surface area contributed by atoms with Crippen LogP contribution in [0.5, 0.6) is 0 Å². The van der Waals surface area contributed by atoms with Gasteiger partial charge in [-0.25, -0.2) is 4.98 Å². The average Bonchev–Trinajstić information content (AvgIpc) is 3.02. The van der Waals surface area contributed by atoms with E-state index in [0.29, 0.717) is 17.7 Å². The van der Waals surface area contributed by atoms with Gasteiger partial charge in [-0.05, 0) is 35.4 Å². The molecule has 156 valence electrons. The molecule has 0 atom stereocenters. The highest BCUT2D eigenvalue weighted by Crippen LogP contribution is 2.25. The van der Waals surface area contributed by atoms with Crippen LogP contribution < -0.4 is 10.2 Å². The number of pyridine rings is 1. The topological polar surface area (TPSA) is 82.6 Å². The maximum Gasteiger partial charge on any atom is 0.261 e. The minimum absolute atomic E-state index is 0.199. The molecule has 3 aromatic rings. The Bertz CT molecular complexity index is 1140. The summed E-state index contributed by atoms with van der Waals surface area (Å²) < 4.78 is 0. The molecule has 1 aromatic heterocycles. The lowest BCUT2D eigenvalue weighted by molar-refractivity contribution is 0.0642. The van der Waals surface area contributed by atoms with Crippen LogP contribution in [0.25, 0.3) is 0 Å². The number of anilines is 1. The number of imide groups is 1. The van der Waals surface area contributed by atoms with E-state index >= 15 is 0 Å². The highest BCUT2D eigenvalue weighted by atomic mass is 16.2. The van der Waals surface area contributed by atoms with Gasteiger partial charge in [-0.2, -0.15) is 0 Å². The lowest BCUT2D eigenvalue weighted by Crippen LogP contribution is -2.29. The fourth-order valence-electron chi connectivity index (χ4n) is 3.41.